The summed E-state index contributed by atoms with van der Waals surface area (Å²) in [5, 5.41) is 6.66. The van der Waals surface area contributed by atoms with E-state index < -0.39 is 51.9 Å². The van der Waals surface area contributed by atoms with Crippen molar-refractivity contribution < 1.29 is 40.3 Å². The van der Waals surface area contributed by atoms with E-state index in [4.69, 9.17) is 17.0 Å². The van der Waals surface area contributed by atoms with Crippen LogP contribution in [0.2, 0.25) is 0 Å². The molecule has 3 N–H and O–H groups in total. The highest BCUT2D eigenvalue weighted by molar-refractivity contribution is 8.00. The van der Waals surface area contributed by atoms with Gasteiger partial charge in [0.25, 0.3) is 0 Å². The van der Waals surface area contributed by atoms with Crippen molar-refractivity contribution >= 4 is 52.1 Å². The summed E-state index contributed by atoms with van der Waals surface area (Å²) in [6, 6.07) is 21.4. The van der Waals surface area contributed by atoms with Crippen molar-refractivity contribution in [3.8, 4) is 5.75 Å². The van der Waals surface area contributed by atoms with Crippen molar-refractivity contribution in [2.45, 2.75) is 16.3 Å². The molecular weight excluding hydrogens is 619 g/mol. The first-order valence-electron chi connectivity index (χ1n) is 12.2. The van der Waals surface area contributed by atoms with E-state index in [0.29, 0.717) is 27.6 Å². The summed E-state index contributed by atoms with van der Waals surface area (Å²) in [5.74, 6) is -10.7. The zero-order valence-corrected chi connectivity index (χ0v) is 23.5. The minimum atomic E-state index is -5.72. The van der Waals surface area contributed by atoms with E-state index in [-0.39, 0.29) is 5.11 Å². The summed E-state index contributed by atoms with van der Waals surface area (Å²) in [6.07, 6.45) is -5.72. The van der Waals surface area contributed by atoms with Crippen LogP contribution >= 0.6 is 24.0 Å². The Hall–Kier alpha value is -4.30. The highest BCUT2D eigenvalue weighted by atomic mass is 32.2. The molecule has 224 valence electrons. The van der Waals surface area contributed by atoms with Crippen molar-refractivity contribution in [2.24, 2.45) is 0 Å². The topological polar surface area (TPSA) is 62.4 Å². The summed E-state index contributed by atoms with van der Waals surface area (Å²) < 4.78 is 102. The predicted molar refractivity (Wildman–Crippen MR) is 154 cm³/mol. The van der Waals surface area contributed by atoms with Gasteiger partial charge in [0.1, 0.15) is 22.3 Å². The molecule has 1 unspecified atom stereocenters. The first-order valence-corrected chi connectivity index (χ1v) is 13.5. The van der Waals surface area contributed by atoms with Crippen molar-refractivity contribution in [2.75, 3.05) is 23.1 Å². The zero-order chi connectivity index (χ0) is 31.3. The smallest absolute Gasteiger partial charge is 0.422 e. The summed E-state index contributed by atoms with van der Waals surface area (Å²) in [5.41, 5.74) is -3.00. The molecule has 0 aliphatic carbocycles. The van der Waals surface area contributed by atoms with E-state index in [1.807, 2.05) is 0 Å². The largest absolute Gasteiger partial charge is 0.495 e. The van der Waals surface area contributed by atoms with Gasteiger partial charge < -0.3 is 20.7 Å². The normalized spacial score (nSPS) is 11.9. The number of rotatable bonds is 8. The van der Waals surface area contributed by atoms with Gasteiger partial charge in [-0.2, -0.15) is 13.2 Å². The fourth-order valence-corrected chi connectivity index (χ4v) is 5.21. The van der Waals surface area contributed by atoms with Crippen molar-refractivity contribution in [1.29, 1.82) is 0 Å². The molecule has 0 saturated heterocycles. The standard InChI is InChI=1S/C29H20F7N3O2S2/c1-41-19-13-6-5-12-18(19)38-28(42)37-16-10-7-11-17(14-16)43-26(15-8-3-2-4-9-15)27(40)39-25-23(32)21(30)20(29(34,35)36)22(31)24(25)33/h2-14,26H,1H3,(H,39,40)(H2,37,38,42). The highest BCUT2D eigenvalue weighted by Gasteiger charge is 2.42. The number of carbonyl (C=O) groups excluding carboxylic acids is 1. The van der Waals surface area contributed by atoms with Gasteiger partial charge >= 0.3 is 6.18 Å². The quantitative estimate of drug-likeness (QED) is 0.0778. The van der Waals surface area contributed by atoms with Gasteiger partial charge in [-0.15, -0.1) is 11.8 Å². The number of para-hydroxylation sites is 2. The van der Waals surface area contributed by atoms with Crippen LogP contribution in [-0.4, -0.2) is 18.1 Å². The highest BCUT2D eigenvalue weighted by Crippen LogP contribution is 2.41. The van der Waals surface area contributed by atoms with Crippen LogP contribution in [0.4, 0.5) is 47.8 Å². The molecule has 1 atom stereocenters. The minimum Gasteiger partial charge on any atom is -0.495 e. The molecule has 0 saturated carbocycles. The van der Waals surface area contributed by atoms with E-state index >= 15 is 0 Å². The maximum atomic E-state index is 14.5. The number of benzene rings is 4. The lowest BCUT2D eigenvalue weighted by Crippen LogP contribution is -2.23. The van der Waals surface area contributed by atoms with Gasteiger partial charge in [0.2, 0.25) is 5.91 Å². The van der Waals surface area contributed by atoms with E-state index in [1.54, 1.807) is 72.0 Å². The van der Waals surface area contributed by atoms with Crippen molar-refractivity contribution in [3.05, 3.63) is 113 Å². The van der Waals surface area contributed by atoms with Crippen molar-refractivity contribution in [1.82, 2.24) is 0 Å². The van der Waals surface area contributed by atoms with Crippen LogP contribution in [-0.2, 0) is 11.0 Å². The first kappa shape index (κ1) is 31.6. The van der Waals surface area contributed by atoms with Crippen LogP contribution in [0.25, 0.3) is 0 Å². The third-order valence-corrected chi connectivity index (χ3v) is 7.29. The number of amides is 1. The molecule has 14 heteroatoms. The molecule has 0 spiro atoms. The maximum Gasteiger partial charge on any atom is 0.422 e. The van der Waals surface area contributed by atoms with Crippen LogP contribution in [0.3, 0.4) is 0 Å². The van der Waals surface area contributed by atoms with Crippen molar-refractivity contribution in [3.63, 3.8) is 0 Å². The number of halogens is 7. The molecule has 5 nitrogen and oxygen atoms in total. The Bertz CT molecular complexity index is 1620. The van der Waals surface area contributed by atoms with E-state index in [0.717, 1.165) is 11.8 Å². The van der Waals surface area contributed by atoms with Gasteiger partial charge in [-0.25, -0.2) is 17.6 Å². The number of carbonyl (C=O) groups is 1. The second-order valence-corrected chi connectivity index (χ2v) is 10.3. The molecule has 0 heterocycles. The molecule has 4 aromatic rings. The number of nitrogens with one attached hydrogen (secondary N) is 3. The molecule has 0 bridgehead atoms. The van der Waals surface area contributed by atoms with Gasteiger partial charge in [-0.3, -0.25) is 4.79 Å². The fourth-order valence-electron chi connectivity index (χ4n) is 3.90. The second kappa shape index (κ2) is 13.3. The fraction of sp³-hybridized carbons (Fsp3) is 0.103. The Morgan fingerprint density at radius 3 is 2.07 bits per heavy atom. The van der Waals surface area contributed by atoms with Crippen LogP contribution < -0.4 is 20.7 Å². The Kier molecular flexibility index (Phi) is 9.81. The lowest BCUT2D eigenvalue weighted by atomic mass is 10.1. The van der Waals surface area contributed by atoms with E-state index in [9.17, 15) is 35.5 Å². The average molecular weight is 640 g/mol. The molecule has 0 fully saturated rings. The molecule has 0 aliphatic heterocycles. The number of methoxy groups -OCH3 is 1. The van der Waals surface area contributed by atoms with E-state index in [1.165, 1.54) is 19.2 Å². The second-order valence-electron chi connectivity index (χ2n) is 8.71. The number of hydrogen-bond donors (Lipinski definition) is 3. The van der Waals surface area contributed by atoms with Crippen LogP contribution in [0.1, 0.15) is 16.4 Å². The molecule has 4 rings (SSSR count). The monoisotopic (exact) mass is 639 g/mol. The molecule has 0 aromatic heterocycles. The molecule has 0 aliphatic rings. The Morgan fingerprint density at radius 1 is 0.814 bits per heavy atom. The SMILES string of the molecule is COc1ccccc1NC(=S)Nc1cccc(SC(C(=O)Nc2c(F)c(F)c(C(F)(F)F)c(F)c2F)c2ccccc2)c1. The third kappa shape index (κ3) is 7.38. The number of ether oxygens (including phenoxy) is 1. The number of alkyl halides is 3. The summed E-state index contributed by atoms with van der Waals surface area (Å²) in [4.78, 5) is 13.7. The number of thiocarbonyl (C=S) groups is 1. The number of thioether (sulfide) groups is 1. The third-order valence-electron chi connectivity index (χ3n) is 5.84. The Balaban J connectivity index is 1.59. The average Bonchev–Trinajstić information content (AvgIpc) is 2.97. The van der Waals surface area contributed by atoms with Gasteiger partial charge in [0.05, 0.1) is 12.8 Å². The lowest BCUT2D eigenvalue weighted by molar-refractivity contribution is -0.143. The first-order chi connectivity index (χ1) is 20.4. The lowest BCUT2D eigenvalue weighted by Gasteiger charge is -2.19. The Labute approximate surface area is 250 Å². The summed E-state index contributed by atoms with van der Waals surface area (Å²) >= 11 is 6.27. The van der Waals surface area contributed by atoms with Gasteiger partial charge in [0, 0.05) is 10.6 Å². The molecule has 4 aromatic carbocycles. The molecule has 0 radical (unpaired) electrons. The van der Waals surface area contributed by atoms with E-state index in [2.05, 4.69) is 10.6 Å². The minimum absolute atomic E-state index is 0.210. The predicted octanol–water partition coefficient (Wildman–Crippen LogP) is 8.55. The summed E-state index contributed by atoms with van der Waals surface area (Å²) in [6.45, 7) is 0. The van der Waals surface area contributed by atoms with Gasteiger partial charge in [-0.05, 0) is 48.1 Å². The molecule has 1 amide bonds. The van der Waals surface area contributed by atoms with Gasteiger partial charge in [0.15, 0.2) is 28.4 Å². The number of hydrogen-bond acceptors (Lipinski definition) is 4. The summed E-state index contributed by atoms with van der Waals surface area (Å²) in [7, 11) is 1.50. The zero-order valence-electron chi connectivity index (χ0n) is 21.9. The Morgan fingerprint density at radius 2 is 1.44 bits per heavy atom. The van der Waals surface area contributed by atoms with Crippen LogP contribution in [0, 0.1) is 23.3 Å². The van der Waals surface area contributed by atoms with Crippen LogP contribution in [0.15, 0.2) is 83.8 Å². The number of anilines is 3. The molecular formula is C29H20F7N3O2S2. The maximum absolute atomic E-state index is 14.5. The van der Waals surface area contributed by atoms with Gasteiger partial charge in [-0.1, -0.05) is 48.5 Å². The van der Waals surface area contributed by atoms with Crippen LogP contribution in [0.5, 0.6) is 5.75 Å². The molecule has 43 heavy (non-hydrogen) atoms.